The summed E-state index contributed by atoms with van der Waals surface area (Å²) in [7, 11) is -4.36. The van der Waals surface area contributed by atoms with Crippen LogP contribution < -0.4 is 5.32 Å². The minimum atomic E-state index is -4.36. The van der Waals surface area contributed by atoms with Crippen LogP contribution in [0.5, 0.6) is 0 Å². The molecule has 2 aromatic rings. The lowest BCUT2D eigenvalue weighted by molar-refractivity contribution is -0.0658. The van der Waals surface area contributed by atoms with Gasteiger partial charge < -0.3 is 34.8 Å². The predicted octanol–water partition coefficient (Wildman–Crippen LogP) is 0.851. The van der Waals surface area contributed by atoms with Crippen LogP contribution in [0.15, 0.2) is 6.20 Å². The van der Waals surface area contributed by atoms with Crippen LogP contribution in [0.4, 0.5) is 5.82 Å². The van der Waals surface area contributed by atoms with E-state index in [4.69, 9.17) is 30.9 Å². The maximum atomic E-state index is 10.9. The minimum Gasteiger partial charge on any atom is -0.387 e. The second kappa shape index (κ2) is 9.41. The number of nitrogens with one attached hydrogen (secondary N) is 1. The molecule has 0 aliphatic carbocycles. The van der Waals surface area contributed by atoms with Crippen LogP contribution in [0.1, 0.15) is 32.9 Å². The zero-order valence-corrected chi connectivity index (χ0v) is 18.1. The third kappa shape index (κ3) is 5.09. The number of hydrogen-bond donors (Lipinski definition) is 5. The second-order valence-electron chi connectivity index (χ2n) is 7.04. The van der Waals surface area contributed by atoms with E-state index in [9.17, 15) is 14.8 Å². The van der Waals surface area contributed by atoms with Crippen molar-refractivity contribution in [2.45, 2.75) is 57.3 Å². The maximum Gasteiger partial charge on any atom is 0.350 e. The molecule has 0 bridgehead atoms. The largest absolute Gasteiger partial charge is 0.387 e. The SMILES string of the molecule is CCC(CC)Nc1nc(Cl)nc2c1cnn2[C@@H]1O[C@H](COCP(=O)(O)O)[C@@H](O)[C@H]1O. The van der Waals surface area contributed by atoms with Crippen LogP contribution in [0.3, 0.4) is 0 Å². The number of rotatable bonds is 9. The van der Waals surface area contributed by atoms with Gasteiger partial charge in [-0.25, -0.2) is 4.68 Å². The summed E-state index contributed by atoms with van der Waals surface area (Å²) < 4.78 is 22.8. The smallest absolute Gasteiger partial charge is 0.350 e. The molecule has 5 N–H and O–H groups in total. The van der Waals surface area contributed by atoms with Crippen LogP contribution in [-0.2, 0) is 14.0 Å². The van der Waals surface area contributed by atoms with Crippen molar-refractivity contribution in [2.24, 2.45) is 0 Å². The second-order valence-corrected chi connectivity index (χ2v) is 8.96. The first-order valence-corrected chi connectivity index (χ1v) is 11.6. The summed E-state index contributed by atoms with van der Waals surface area (Å²) in [5.41, 5.74) is 0.302. The zero-order valence-electron chi connectivity index (χ0n) is 16.4. The van der Waals surface area contributed by atoms with E-state index in [-0.39, 0.29) is 17.9 Å². The quantitative estimate of drug-likeness (QED) is 0.262. The highest BCUT2D eigenvalue weighted by Crippen LogP contribution is 2.36. The first-order valence-electron chi connectivity index (χ1n) is 9.45. The first-order chi connectivity index (χ1) is 14.1. The Kier molecular flexibility index (Phi) is 7.31. The molecule has 1 aliphatic rings. The highest BCUT2D eigenvalue weighted by atomic mass is 35.5. The number of aliphatic hydroxyl groups is 2. The van der Waals surface area contributed by atoms with Crippen molar-refractivity contribution >= 4 is 36.0 Å². The van der Waals surface area contributed by atoms with Crippen molar-refractivity contribution in [3.8, 4) is 0 Å². The van der Waals surface area contributed by atoms with Crippen molar-refractivity contribution in [3.05, 3.63) is 11.5 Å². The monoisotopic (exact) mass is 465 g/mol. The lowest BCUT2D eigenvalue weighted by Crippen LogP contribution is -2.34. The third-order valence-electron chi connectivity index (χ3n) is 4.87. The Balaban J connectivity index is 1.84. The van der Waals surface area contributed by atoms with Gasteiger partial charge in [0.25, 0.3) is 0 Å². The Morgan fingerprint density at radius 2 is 2.00 bits per heavy atom. The molecule has 1 saturated heterocycles. The number of aliphatic hydroxyl groups excluding tert-OH is 2. The number of fused-ring (bicyclic) bond motifs is 1. The molecule has 30 heavy (non-hydrogen) atoms. The summed E-state index contributed by atoms with van der Waals surface area (Å²) >= 11 is 6.08. The Bertz CT molecular complexity index is 921. The molecule has 14 heteroatoms. The van der Waals surface area contributed by atoms with Crippen LogP contribution >= 0.6 is 19.2 Å². The van der Waals surface area contributed by atoms with Crippen LogP contribution in [0.2, 0.25) is 5.28 Å². The van der Waals surface area contributed by atoms with Crippen molar-refractivity contribution in [3.63, 3.8) is 0 Å². The molecule has 3 rings (SSSR count). The van der Waals surface area contributed by atoms with Crippen LogP contribution in [0.25, 0.3) is 11.0 Å². The number of hydrogen-bond acceptors (Lipinski definition) is 9. The Morgan fingerprint density at radius 3 is 2.63 bits per heavy atom. The van der Waals surface area contributed by atoms with Crippen molar-refractivity contribution < 1.29 is 34.0 Å². The summed E-state index contributed by atoms with van der Waals surface area (Å²) in [5.74, 6) is 0.500. The molecule has 1 aliphatic heterocycles. The minimum absolute atomic E-state index is 0.0210. The number of ether oxygens (including phenoxy) is 2. The fraction of sp³-hybridized carbons (Fsp3) is 0.688. The molecule has 1 fully saturated rings. The third-order valence-corrected chi connectivity index (χ3v) is 5.56. The fourth-order valence-corrected chi connectivity index (χ4v) is 3.75. The molecule has 0 unspecified atom stereocenters. The van der Waals surface area contributed by atoms with E-state index in [0.717, 1.165) is 12.8 Å². The Hall–Kier alpha value is -1.37. The summed E-state index contributed by atoms with van der Waals surface area (Å²) in [6.07, 6.45) is -2.41. The molecular formula is C16H25ClN5O7P. The molecule has 0 spiro atoms. The Morgan fingerprint density at radius 1 is 1.30 bits per heavy atom. The first kappa shape index (κ1) is 23.3. The lowest BCUT2D eigenvalue weighted by atomic mass is 10.1. The van der Waals surface area contributed by atoms with Crippen molar-refractivity contribution in [1.82, 2.24) is 19.7 Å². The van der Waals surface area contributed by atoms with Gasteiger partial charge in [-0.3, -0.25) is 4.57 Å². The topological polar surface area (TPSA) is 172 Å². The van der Waals surface area contributed by atoms with Gasteiger partial charge in [-0.2, -0.15) is 15.1 Å². The molecule has 0 radical (unpaired) electrons. The summed E-state index contributed by atoms with van der Waals surface area (Å²) in [6.45, 7) is 3.77. The maximum absolute atomic E-state index is 10.9. The summed E-state index contributed by atoms with van der Waals surface area (Å²) in [6, 6.07) is 0.174. The van der Waals surface area contributed by atoms with Crippen LogP contribution in [-0.4, -0.2) is 77.1 Å². The van der Waals surface area contributed by atoms with E-state index >= 15 is 0 Å². The Labute approximate surface area is 177 Å². The standard InChI is InChI=1S/C16H25ClN5O7P/c1-3-8(4-2)19-13-9-5-18-22(14(9)21-16(17)20-13)15-12(24)11(23)10(29-15)6-28-7-30(25,26)27/h5,8,10-12,15,23-24H,3-4,6-7H2,1-2H3,(H,19,20,21)(H2,25,26,27)/t10-,11-,12-,15-/m1/s1. The van der Waals surface area contributed by atoms with Gasteiger partial charge in [0.1, 0.15) is 30.5 Å². The molecule has 0 aromatic carbocycles. The average molecular weight is 466 g/mol. The number of aromatic nitrogens is 4. The van der Waals surface area contributed by atoms with Crippen LogP contribution in [0, 0.1) is 0 Å². The van der Waals surface area contributed by atoms with Gasteiger partial charge in [0, 0.05) is 6.04 Å². The van der Waals surface area contributed by atoms with Gasteiger partial charge in [0.05, 0.1) is 18.2 Å². The van der Waals surface area contributed by atoms with Crippen molar-refractivity contribution in [1.29, 1.82) is 0 Å². The van der Waals surface area contributed by atoms with Crippen molar-refractivity contribution in [2.75, 3.05) is 18.3 Å². The molecule has 0 saturated carbocycles. The van der Waals surface area contributed by atoms with E-state index in [2.05, 4.69) is 20.4 Å². The van der Waals surface area contributed by atoms with E-state index in [1.807, 2.05) is 13.8 Å². The normalized spacial score (nSPS) is 24.8. The zero-order chi connectivity index (χ0) is 22.1. The lowest BCUT2D eigenvalue weighted by Gasteiger charge is -2.17. The van der Waals surface area contributed by atoms with Gasteiger partial charge in [-0.15, -0.1) is 0 Å². The average Bonchev–Trinajstić information content (AvgIpc) is 3.21. The molecule has 2 aromatic heterocycles. The molecule has 12 nitrogen and oxygen atoms in total. The summed E-state index contributed by atoms with van der Waals surface area (Å²) in [4.78, 5) is 26.2. The highest BCUT2D eigenvalue weighted by Gasteiger charge is 2.45. The van der Waals surface area contributed by atoms with E-state index in [0.29, 0.717) is 16.9 Å². The van der Waals surface area contributed by atoms with E-state index in [1.165, 1.54) is 10.9 Å². The number of halogens is 1. The van der Waals surface area contributed by atoms with Gasteiger partial charge in [0.2, 0.25) is 5.28 Å². The van der Waals surface area contributed by atoms with E-state index < -0.39 is 38.5 Å². The molecular weight excluding hydrogens is 441 g/mol. The van der Waals surface area contributed by atoms with Gasteiger partial charge in [-0.05, 0) is 24.4 Å². The number of nitrogens with zero attached hydrogens (tertiary/aromatic N) is 4. The highest BCUT2D eigenvalue weighted by molar-refractivity contribution is 7.51. The van der Waals surface area contributed by atoms with E-state index in [1.54, 1.807) is 0 Å². The van der Waals surface area contributed by atoms with Gasteiger partial charge in [-0.1, -0.05) is 13.8 Å². The summed E-state index contributed by atoms with van der Waals surface area (Å²) in [5, 5.41) is 28.8. The number of anilines is 1. The molecule has 0 amide bonds. The molecule has 4 atom stereocenters. The predicted molar refractivity (Wildman–Crippen MR) is 107 cm³/mol. The van der Waals surface area contributed by atoms with Gasteiger partial charge >= 0.3 is 7.60 Å². The fourth-order valence-electron chi connectivity index (χ4n) is 3.24. The van der Waals surface area contributed by atoms with Gasteiger partial charge in [0.15, 0.2) is 11.9 Å². The molecule has 3 heterocycles. The molecule has 168 valence electrons.